The van der Waals surface area contributed by atoms with Crippen LogP contribution in [-0.2, 0) is 9.59 Å². The standard InChI is InChI=1S/C23H35N3O2/c1-18-7-9-20(10-8-18)21(25-15-11-19(2)12-16-25)17-24-22(27)5-3-13-26-14-4-6-23(26)28/h7-10,19,21H,3-6,11-17H2,1-2H3,(H,24,27). The van der Waals surface area contributed by atoms with Crippen LogP contribution in [0.15, 0.2) is 24.3 Å². The second kappa shape index (κ2) is 10.1. The molecule has 1 aromatic rings. The van der Waals surface area contributed by atoms with Gasteiger partial charge in [0.25, 0.3) is 0 Å². The zero-order chi connectivity index (χ0) is 19.9. The van der Waals surface area contributed by atoms with Gasteiger partial charge in [-0.05, 0) is 57.2 Å². The summed E-state index contributed by atoms with van der Waals surface area (Å²) in [7, 11) is 0. The van der Waals surface area contributed by atoms with Gasteiger partial charge >= 0.3 is 0 Å². The summed E-state index contributed by atoms with van der Waals surface area (Å²) in [6.07, 6.45) is 5.30. The summed E-state index contributed by atoms with van der Waals surface area (Å²) in [5.41, 5.74) is 2.54. The second-order valence-electron chi connectivity index (χ2n) is 8.54. The number of likely N-dealkylation sites (tertiary alicyclic amines) is 2. The van der Waals surface area contributed by atoms with Crippen LogP contribution in [0.4, 0.5) is 0 Å². The maximum Gasteiger partial charge on any atom is 0.222 e. The first-order valence-electron chi connectivity index (χ1n) is 10.9. The molecule has 2 aliphatic heterocycles. The van der Waals surface area contributed by atoms with Gasteiger partial charge in [0.1, 0.15) is 0 Å². The lowest BCUT2D eigenvalue weighted by molar-refractivity contribution is -0.128. The second-order valence-corrected chi connectivity index (χ2v) is 8.54. The van der Waals surface area contributed by atoms with Gasteiger partial charge in [-0.1, -0.05) is 36.8 Å². The van der Waals surface area contributed by atoms with Gasteiger partial charge in [0.2, 0.25) is 11.8 Å². The normalized spacial score (nSPS) is 19.8. The van der Waals surface area contributed by atoms with Crippen LogP contribution in [-0.4, -0.2) is 54.3 Å². The summed E-state index contributed by atoms with van der Waals surface area (Å²) in [4.78, 5) is 28.5. The van der Waals surface area contributed by atoms with Crippen LogP contribution >= 0.6 is 0 Å². The number of nitrogens with zero attached hydrogens (tertiary/aromatic N) is 2. The average Bonchev–Trinajstić information content (AvgIpc) is 3.09. The molecule has 1 atom stereocenters. The van der Waals surface area contributed by atoms with E-state index in [4.69, 9.17) is 0 Å². The van der Waals surface area contributed by atoms with Crippen molar-refractivity contribution in [1.82, 2.24) is 15.1 Å². The Morgan fingerprint density at radius 3 is 2.54 bits per heavy atom. The lowest BCUT2D eigenvalue weighted by Crippen LogP contribution is -2.42. The molecule has 1 aromatic carbocycles. The Hall–Kier alpha value is -1.88. The highest BCUT2D eigenvalue weighted by molar-refractivity contribution is 5.78. The highest BCUT2D eigenvalue weighted by Gasteiger charge is 2.25. The number of benzene rings is 1. The molecular weight excluding hydrogens is 350 g/mol. The first-order chi connectivity index (χ1) is 13.5. The quantitative estimate of drug-likeness (QED) is 0.747. The summed E-state index contributed by atoms with van der Waals surface area (Å²) >= 11 is 0. The monoisotopic (exact) mass is 385 g/mol. The molecular formula is C23H35N3O2. The fourth-order valence-electron chi connectivity index (χ4n) is 4.26. The van der Waals surface area contributed by atoms with Gasteiger partial charge in [0.05, 0.1) is 6.04 Å². The molecule has 154 valence electrons. The fraction of sp³-hybridized carbons (Fsp3) is 0.652. The summed E-state index contributed by atoms with van der Waals surface area (Å²) in [6.45, 7) is 8.82. The van der Waals surface area contributed by atoms with Crippen molar-refractivity contribution in [2.75, 3.05) is 32.7 Å². The molecule has 5 heteroatoms. The van der Waals surface area contributed by atoms with E-state index in [1.807, 2.05) is 4.90 Å². The summed E-state index contributed by atoms with van der Waals surface area (Å²) in [5.74, 6) is 1.12. The molecule has 2 amide bonds. The minimum Gasteiger partial charge on any atom is -0.354 e. The fourth-order valence-corrected chi connectivity index (χ4v) is 4.26. The third-order valence-corrected chi connectivity index (χ3v) is 6.22. The van der Waals surface area contributed by atoms with Gasteiger partial charge in [0, 0.05) is 32.5 Å². The lowest BCUT2D eigenvalue weighted by atomic mass is 9.95. The van der Waals surface area contributed by atoms with Crippen molar-refractivity contribution in [2.45, 2.75) is 58.4 Å². The third-order valence-electron chi connectivity index (χ3n) is 6.22. The van der Waals surface area contributed by atoms with E-state index in [-0.39, 0.29) is 17.9 Å². The number of hydrogen-bond donors (Lipinski definition) is 1. The molecule has 2 fully saturated rings. The molecule has 28 heavy (non-hydrogen) atoms. The van der Waals surface area contributed by atoms with E-state index in [9.17, 15) is 9.59 Å². The molecule has 0 spiro atoms. The van der Waals surface area contributed by atoms with Crippen molar-refractivity contribution in [1.29, 1.82) is 0 Å². The van der Waals surface area contributed by atoms with Crippen LogP contribution in [0.3, 0.4) is 0 Å². The molecule has 1 N–H and O–H groups in total. The van der Waals surface area contributed by atoms with Crippen molar-refractivity contribution in [3.05, 3.63) is 35.4 Å². The number of aryl methyl sites for hydroxylation is 1. The summed E-state index contributed by atoms with van der Waals surface area (Å²) < 4.78 is 0. The van der Waals surface area contributed by atoms with E-state index in [0.717, 1.165) is 38.4 Å². The van der Waals surface area contributed by atoms with Crippen molar-refractivity contribution in [3.8, 4) is 0 Å². The van der Waals surface area contributed by atoms with E-state index in [2.05, 4.69) is 48.3 Å². The Kier molecular flexibility index (Phi) is 7.49. The van der Waals surface area contributed by atoms with Crippen LogP contribution in [0, 0.1) is 12.8 Å². The van der Waals surface area contributed by atoms with Crippen LogP contribution < -0.4 is 5.32 Å². The maximum absolute atomic E-state index is 12.4. The van der Waals surface area contributed by atoms with Gasteiger partial charge in [0.15, 0.2) is 0 Å². The van der Waals surface area contributed by atoms with Gasteiger partial charge < -0.3 is 10.2 Å². The molecule has 3 rings (SSSR count). The number of nitrogens with one attached hydrogen (secondary N) is 1. The van der Waals surface area contributed by atoms with Gasteiger partial charge in [-0.3, -0.25) is 14.5 Å². The molecule has 5 nitrogen and oxygen atoms in total. The first-order valence-corrected chi connectivity index (χ1v) is 10.9. The molecule has 2 heterocycles. The zero-order valence-corrected chi connectivity index (χ0v) is 17.5. The highest BCUT2D eigenvalue weighted by Crippen LogP contribution is 2.26. The van der Waals surface area contributed by atoms with E-state index in [1.165, 1.54) is 24.0 Å². The Bertz CT molecular complexity index is 650. The number of carbonyl (C=O) groups excluding carboxylic acids is 2. The molecule has 0 saturated carbocycles. The van der Waals surface area contributed by atoms with Crippen LogP contribution in [0.25, 0.3) is 0 Å². The van der Waals surface area contributed by atoms with Crippen molar-refractivity contribution in [3.63, 3.8) is 0 Å². The predicted octanol–water partition coefficient (Wildman–Crippen LogP) is 3.29. The van der Waals surface area contributed by atoms with Crippen LogP contribution in [0.1, 0.15) is 62.6 Å². The molecule has 0 aromatic heterocycles. The number of rotatable bonds is 8. The van der Waals surface area contributed by atoms with Crippen LogP contribution in [0.2, 0.25) is 0 Å². The Morgan fingerprint density at radius 1 is 1.18 bits per heavy atom. The van der Waals surface area contributed by atoms with Crippen molar-refractivity contribution < 1.29 is 9.59 Å². The van der Waals surface area contributed by atoms with Gasteiger partial charge in [-0.15, -0.1) is 0 Å². The number of amides is 2. The zero-order valence-electron chi connectivity index (χ0n) is 17.5. The molecule has 2 aliphatic rings. The number of hydrogen-bond acceptors (Lipinski definition) is 3. The highest BCUT2D eigenvalue weighted by atomic mass is 16.2. The molecule has 0 bridgehead atoms. The number of piperidine rings is 1. The minimum absolute atomic E-state index is 0.0918. The smallest absolute Gasteiger partial charge is 0.222 e. The van der Waals surface area contributed by atoms with E-state index < -0.39 is 0 Å². The van der Waals surface area contributed by atoms with E-state index in [1.54, 1.807) is 0 Å². The van der Waals surface area contributed by atoms with Crippen molar-refractivity contribution in [2.24, 2.45) is 5.92 Å². The minimum atomic E-state index is 0.0918. The van der Waals surface area contributed by atoms with Crippen LogP contribution in [0.5, 0.6) is 0 Å². The Morgan fingerprint density at radius 2 is 1.89 bits per heavy atom. The summed E-state index contributed by atoms with van der Waals surface area (Å²) in [5, 5.41) is 3.16. The van der Waals surface area contributed by atoms with Gasteiger partial charge in [-0.2, -0.15) is 0 Å². The van der Waals surface area contributed by atoms with E-state index in [0.29, 0.717) is 25.9 Å². The Labute approximate surface area is 169 Å². The molecule has 2 saturated heterocycles. The number of carbonyl (C=O) groups is 2. The predicted molar refractivity (Wildman–Crippen MR) is 112 cm³/mol. The van der Waals surface area contributed by atoms with E-state index >= 15 is 0 Å². The first kappa shape index (κ1) is 20.8. The average molecular weight is 386 g/mol. The largest absolute Gasteiger partial charge is 0.354 e. The maximum atomic E-state index is 12.4. The van der Waals surface area contributed by atoms with Gasteiger partial charge in [-0.25, -0.2) is 0 Å². The Balaban J connectivity index is 1.51. The van der Waals surface area contributed by atoms with Crippen molar-refractivity contribution >= 4 is 11.8 Å². The topological polar surface area (TPSA) is 52.7 Å². The summed E-state index contributed by atoms with van der Waals surface area (Å²) in [6, 6.07) is 8.94. The molecule has 0 radical (unpaired) electrons. The third kappa shape index (κ3) is 5.81. The lowest BCUT2D eigenvalue weighted by Gasteiger charge is -2.37. The SMILES string of the molecule is Cc1ccc(C(CNC(=O)CCCN2CCCC2=O)N2CCC(C)CC2)cc1. The molecule has 1 unspecified atom stereocenters. The molecule has 0 aliphatic carbocycles.